The molecule has 152 valence electrons. The molecular weight excluding hydrogens is 354 g/mol. The summed E-state index contributed by atoms with van der Waals surface area (Å²) in [4.78, 5) is 6.87. The van der Waals surface area contributed by atoms with E-state index in [2.05, 4.69) is 25.2 Å². The first-order valence-electron chi connectivity index (χ1n) is 9.76. The van der Waals surface area contributed by atoms with Gasteiger partial charge >= 0.3 is 0 Å². The molecule has 2 rings (SSSR count). The van der Waals surface area contributed by atoms with Gasteiger partial charge in [-0.3, -0.25) is 9.89 Å². The standard InChI is InChI=1S/C17H35N5O3S/c1-3-26(23,24)21-10-9-19-16(18-2)20-15-17(7-5-4-6-8-17)22-11-13-25-14-12-22/h21H,3-15H2,1-2H3,(H2,18,19,20). The summed E-state index contributed by atoms with van der Waals surface area (Å²) in [5, 5.41) is 6.66. The molecule has 1 saturated heterocycles. The first-order valence-corrected chi connectivity index (χ1v) is 11.4. The number of ether oxygens (including phenoxy) is 1. The Hall–Kier alpha value is -0.900. The molecule has 0 aromatic carbocycles. The SMILES string of the molecule is CCS(=O)(=O)NCCNC(=NC)NCC1(N2CCOCC2)CCCCC1. The maximum Gasteiger partial charge on any atom is 0.211 e. The van der Waals surface area contributed by atoms with Crippen LogP contribution < -0.4 is 15.4 Å². The predicted octanol–water partition coefficient (Wildman–Crippen LogP) is 0.126. The van der Waals surface area contributed by atoms with Gasteiger partial charge in [0.15, 0.2) is 5.96 Å². The molecule has 0 unspecified atom stereocenters. The summed E-state index contributed by atoms with van der Waals surface area (Å²) in [6, 6.07) is 0. The number of hydrogen-bond acceptors (Lipinski definition) is 5. The molecule has 1 aliphatic heterocycles. The predicted molar refractivity (Wildman–Crippen MR) is 105 cm³/mol. The highest BCUT2D eigenvalue weighted by Gasteiger charge is 2.38. The zero-order chi connectivity index (χ0) is 18.9. The molecule has 1 heterocycles. The van der Waals surface area contributed by atoms with Crippen LogP contribution >= 0.6 is 0 Å². The molecule has 3 N–H and O–H groups in total. The molecule has 0 amide bonds. The summed E-state index contributed by atoms with van der Waals surface area (Å²) in [7, 11) is -1.40. The van der Waals surface area contributed by atoms with Gasteiger partial charge in [-0.15, -0.1) is 0 Å². The number of rotatable bonds is 8. The van der Waals surface area contributed by atoms with Crippen molar-refractivity contribution in [1.29, 1.82) is 0 Å². The molecule has 0 aromatic rings. The highest BCUT2D eigenvalue weighted by Crippen LogP contribution is 2.33. The molecule has 26 heavy (non-hydrogen) atoms. The summed E-state index contributed by atoms with van der Waals surface area (Å²) < 4.78 is 31.0. The van der Waals surface area contributed by atoms with E-state index in [0.29, 0.717) is 13.1 Å². The number of nitrogens with one attached hydrogen (secondary N) is 3. The molecule has 2 aliphatic rings. The lowest BCUT2D eigenvalue weighted by Gasteiger charge is -2.48. The van der Waals surface area contributed by atoms with E-state index in [0.717, 1.165) is 38.8 Å². The zero-order valence-corrected chi connectivity index (χ0v) is 17.0. The monoisotopic (exact) mass is 389 g/mol. The van der Waals surface area contributed by atoms with E-state index in [1.54, 1.807) is 14.0 Å². The maximum atomic E-state index is 11.5. The first-order chi connectivity index (χ1) is 12.5. The fraction of sp³-hybridized carbons (Fsp3) is 0.941. The second kappa shape index (κ2) is 10.4. The average Bonchev–Trinajstić information content (AvgIpc) is 2.69. The molecular formula is C17H35N5O3S. The van der Waals surface area contributed by atoms with Gasteiger partial charge in [0, 0.05) is 45.3 Å². The Morgan fingerprint density at radius 3 is 2.42 bits per heavy atom. The minimum absolute atomic E-state index is 0.0992. The Morgan fingerprint density at radius 2 is 1.81 bits per heavy atom. The number of sulfonamides is 1. The molecule has 0 radical (unpaired) electrons. The average molecular weight is 390 g/mol. The topological polar surface area (TPSA) is 95.1 Å². The molecule has 0 spiro atoms. The smallest absolute Gasteiger partial charge is 0.211 e. The molecule has 9 heteroatoms. The van der Waals surface area contributed by atoms with Gasteiger partial charge in [-0.05, 0) is 19.8 Å². The molecule has 0 aromatic heterocycles. The summed E-state index contributed by atoms with van der Waals surface area (Å²) >= 11 is 0. The van der Waals surface area contributed by atoms with Crippen LogP contribution in [0.5, 0.6) is 0 Å². The van der Waals surface area contributed by atoms with Gasteiger partial charge in [0.05, 0.1) is 19.0 Å². The molecule has 0 bridgehead atoms. The lowest BCUT2D eigenvalue weighted by Crippen LogP contribution is -2.60. The number of hydrogen-bond donors (Lipinski definition) is 3. The summed E-state index contributed by atoms with van der Waals surface area (Å²) in [6.45, 7) is 6.95. The van der Waals surface area contributed by atoms with Crippen LogP contribution in [0.4, 0.5) is 0 Å². The van der Waals surface area contributed by atoms with Gasteiger partial charge < -0.3 is 15.4 Å². The third-order valence-corrected chi connectivity index (χ3v) is 6.80. The lowest BCUT2D eigenvalue weighted by molar-refractivity contribution is -0.0352. The van der Waals surface area contributed by atoms with Gasteiger partial charge in [-0.2, -0.15) is 0 Å². The molecule has 1 saturated carbocycles. The van der Waals surface area contributed by atoms with E-state index < -0.39 is 10.0 Å². The lowest BCUT2D eigenvalue weighted by atomic mass is 9.80. The normalized spacial score (nSPS) is 22.2. The van der Waals surface area contributed by atoms with Gasteiger partial charge in [0.2, 0.25) is 10.0 Å². The van der Waals surface area contributed by atoms with Crippen LogP contribution in [-0.2, 0) is 14.8 Å². The van der Waals surface area contributed by atoms with Crippen molar-refractivity contribution in [3.63, 3.8) is 0 Å². The minimum atomic E-state index is -3.15. The van der Waals surface area contributed by atoms with E-state index >= 15 is 0 Å². The second-order valence-corrected chi connectivity index (χ2v) is 9.13. The summed E-state index contributed by atoms with van der Waals surface area (Å²) in [5.74, 6) is 0.820. The van der Waals surface area contributed by atoms with Gasteiger partial charge in [-0.25, -0.2) is 13.1 Å². The van der Waals surface area contributed by atoms with Gasteiger partial charge in [-0.1, -0.05) is 19.3 Å². The van der Waals surface area contributed by atoms with Crippen LogP contribution in [-0.4, -0.2) is 83.6 Å². The van der Waals surface area contributed by atoms with Crippen molar-refractivity contribution in [3.8, 4) is 0 Å². The maximum absolute atomic E-state index is 11.5. The van der Waals surface area contributed by atoms with Crippen molar-refractivity contribution in [3.05, 3.63) is 0 Å². The Morgan fingerprint density at radius 1 is 1.12 bits per heavy atom. The van der Waals surface area contributed by atoms with Crippen molar-refractivity contribution in [2.45, 2.75) is 44.6 Å². The van der Waals surface area contributed by atoms with Gasteiger partial charge in [0.1, 0.15) is 0 Å². The van der Waals surface area contributed by atoms with Crippen molar-refractivity contribution in [2.24, 2.45) is 4.99 Å². The van der Waals surface area contributed by atoms with Crippen LogP contribution in [0.25, 0.3) is 0 Å². The molecule has 2 fully saturated rings. The Kier molecular flexibility index (Phi) is 8.59. The molecule has 8 nitrogen and oxygen atoms in total. The highest BCUT2D eigenvalue weighted by atomic mass is 32.2. The van der Waals surface area contributed by atoms with Crippen molar-refractivity contribution in [1.82, 2.24) is 20.3 Å². The van der Waals surface area contributed by atoms with Crippen LogP contribution in [0.15, 0.2) is 4.99 Å². The van der Waals surface area contributed by atoms with Crippen molar-refractivity contribution < 1.29 is 13.2 Å². The number of morpholine rings is 1. The van der Waals surface area contributed by atoms with E-state index in [9.17, 15) is 8.42 Å². The third-order valence-electron chi connectivity index (χ3n) is 5.39. The quantitative estimate of drug-likeness (QED) is 0.310. The van der Waals surface area contributed by atoms with Crippen molar-refractivity contribution in [2.75, 3.05) is 58.7 Å². The van der Waals surface area contributed by atoms with Crippen molar-refractivity contribution >= 4 is 16.0 Å². The van der Waals surface area contributed by atoms with Crippen LogP contribution in [0.3, 0.4) is 0 Å². The van der Waals surface area contributed by atoms with Crippen LogP contribution in [0.2, 0.25) is 0 Å². The third kappa shape index (κ3) is 6.37. The Balaban J connectivity index is 1.83. The fourth-order valence-corrected chi connectivity index (χ4v) is 4.43. The first kappa shape index (κ1) is 21.4. The largest absolute Gasteiger partial charge is 0.379 e. The fourth-order valence-electron chi connectivity index (χ4n) is 3.81. The van der Waals surface area contributed by atoms with Crippen LogP contribution in [0, 0.1) is 0 Å². The zero-order valence-electron chi connectivity index (χ0n) is 16.2. The summed E-state index contributed by atoms with van der Waals surface area (Å²) in [5.41, 5.74) is 0.170. The van der Waals surface area contributed by atoms with E-state index in [1.807, 2.05) is 0 Å². The number of guanidine groups is 1. The van der Waals surface area contributed by atoms with Gasteiger partial charge in [0.25, 0.3) is 0 Å². The van der Waals surface area contributed by atoms with E-state index in [1.165, 1.54) is 32.1 Å². The van der Waals surface area contributed by atoms with E-state index in [4.69, 9.17) is 4.74 Å². The Labute approximate surface area is 158 Å². The van der Waals surface area contributed by atoms with Crippen LogP contribution in [0.1, 0.15) is 39.0 Å². The van der Waals surface area contributed by atoms with E-state index in [-0.39, 0.29) is 11.3 Å². The minimum Gasteiger partial charge on any atom is -0.379 e. The Bertz CT molecular complexity index is 541. The molecule has 1 aliphatic carbocycles. The second-order valence-electron chi connectivity index (χ2n) is 7.03. The summed E-state index contributed by atoms with van der Waals surface area (Å²) in [6.07, 6.45) is 6.25. The molecule has 0 atom stereocenters. The highest BCUT2D eigenvalue weighted by molar-refractivity contribution is 7.89. The number of nitrogens with zero attached hydrogens (tertiary/aromatic N) is 2. The number of aliphatic imine (C=N–C) groups is 1.